The number of carboxylic acids is 1. The molecule has 0 bridgehead atoms. The average Bonchev–Trinajstić information content (AvgIpc) is 2.87. The number of nitrogens with zero attached hydrogens (tertiary/aromatic N) is 1. The molecule has 0 saturated carbocycles. The van der Waals surface area contributed by atoms with Gasteiger partial charge < -0.3 is 15.5 Å². The fourth-order valence-electron chi connectivity index (χ4n) is 4.46. The molecule has 0 aliphatic heterocycles. The van der Waals surface area contributed by atoms with E-state index in [1.54, 1.807) is 30.1 Å². The molecule has 0 amide bonds. The maximum atomic E-state index is 11.3. The second-order valence-corrected chi connectivity index (χ2v) is 11.4. The van der Waals surface area contributed by atoms with Crippen LogP contribution in [0.15, 0.2) is 95.9 Å². The number of hydrogen-bond donors (Lipinski definition) is 3. The lowest BCUT2D eigenvalue weighted by Gasteiger charge is -2.29. The number of likely N-dealkylation sites (N-methyl/N-ethyl adjacent to an activating group) is 1. The van der Waals surface area contributed by atoms with Crippen molar-refractivity contribution in [2.24, 2.45) is 0 Å². The van der Waals surface area contributed by atoms with Crippen molar-refractivity contribution < 1.29 is 15.0 Å². The number of aromatic carboxylic acids is 1. The number of rotatable bonds is 11. The molecule has 192 valence electrons. The van der Waals surface area contributed by atoms with Crippen LogP contribution in [-0.4, -0.2) is 52.3 Å². The summed E-state index contributed by atoms with van der Waals surface area (Å²) >= 11 is 1.56. The normalized spacial score (nSPS) is 12.7. The first-order valence-corrected chi connectivity index (χ1v) is 13.2. The minimum Gasteiger partial charge on any atom is -0.478 e. The summed E-state index contributed by atoms with van der Waals surface area (Å²) in [6.07, 6.45) is 0.342. The van der Waals surface area contributed by atoms with Gasteiger partial charge in [0, 0.05) is 23.5 Å². The summed E-state index contributed by atoms with van der Waals surface area (Å²) in [4.78, 5) is 12.3. The van der Waals surface area contributed by atoms with E-state index in [9.17, 15) is 15.0 Å². The van der Waals surface area contributed by atoms with Crippen LogP contribution in [-0.2, 0) is 6.42 Å². The van der Waals surface area contributed by atoms with Crippen molar-refractivity contribution in [1.29, 1.82) is 0 Å². The number of benzene rings is 4. The van der Waals surface area contributed by atoms with Gasteiger partial charge >= 0.3 is 5.97 Å². The molecule has 0 aromatic heterocycles. The maximum Gasteiger partial charge on any atom is 0.335 e. The molecule has 0 aliphatic carbocycles. The van der Waals surface area contributed by atoms with Gasteiger partial charge in [-0.05, 0) is 91.0 Å². The minimum absolute atomic E-state index is 0.159. The van der Waals surface area contributed by atoms with E-state index in [4.69, 9.17) is 0 Å². The Morgan fingerprint density at radius 2 is 1.62 bits per heavy atom. The van der Waals surface area contributed by atoms with Crippen LogP contribution in [0.5, 0.6) is 0 Å². The first-order chi connectivity index (χ1) is 17.7. The summed E-state index contributed by atoms with van der Waals surface area (Å²) < 4.78 is 2.02. The molecule has 0 heterocycles. The monoisotopic (exact) mass is 514 g/mol. The van der Waals surface area contributed by atoms with Crippen LogP contribution in [0.1, 0.15) is 29.8 Å². The number of aliphatic hydroxyl groups is 1. The van der Waals surface area contributed by atoms with Crippen LogP contribution in [0.3, 0.4) is 0 Å². The topological polar surface area (TPSA) is 72.8 Å². The Hall–Kier alpha value is -3.16. The van der Waals surface area contributed by atoms with Gasteiger partial charge in [0.1, 0.15) is 0 Å². The lowest BCUT2D eigenvalue weighted by atomic mass is 9.93. The standard InChI is InChI=1S/C31H34N2O3S/c1-31(2,19-22-14-15-23-8-4-5-9-24(23)16-22)32-20-28(34)21-33(3)37-29-13-7-11-26(18-29)25-10-6-12-27(17-25)30(35)36/h4-18,28,32,34H,19-21H2,1-3H3,(H,35,36)/t28-/m1/s1. The largest absolute Gasteiger partial charge is 0.478 e. The molecule has 3 N–H and O–H groups in total. The number of carboxylic acid groups (broad SMARTS) is 1. The highest BCUT2D eigenvalue weighted by molar-refractivity contribution is 7.97. The van der Waals surface area contributed by atoms with Gasteiger partial charge in [0.15, 0.2) is 0 Å². The SMILES string of the molecule is CN(C[C@H](O)CNC(C)(C)Cc1ccc2ccccc2c1)Sc1cccc(-c2cccc(C(=O)O)c2)c1. The Balaban J connectivity index is 1.29. The Morgan fingerprint density at radius 1 is 0.919 bits per heavy atom. The number of fused-ring (bicyclic) bond motifs is 1. The number of carbonyl (C=O) groups is 1. The highest BCUT2D eigenvalue weighted by Crippen LogP contribution is 2.28. The molecule has 37 heavy (non-hydrogen) atoms. The highest BCUT2D eigenvalue weighted by Gasteiger charge is 2.20. The molecule has 4 aromatic carbocycles. The summed E-state index contributed by atoms with van der Waals surface area (Å²) in [5.74, 6) is -0.935. The Bertz CT molecular complexity index is 1370. The lowest BCUT2D eigenvalue weighted by Crippen LogP contribution is -2.46. The summed E-state index contributed by atoms with van der Waals surface area (Å²) in [5, 5.41) is 26.0. The quantitative estimate of drug-likeness (QED) is 0.210. The van der Waals surface area contributed by atoms with Crippen LogP contribution in [0.4, 0.5) is 0 Å². The third-order valence-corrected chi connectivity index (χ3v) is 7.21. The second kappa shape index (κ2) is 11.9. The van der Waals surface area contributed by atoms with Crippen LogP contribution < -0.4 is 5.32 Å². The molecular weight excluding hydrogens is 480 g/mol. The average molecular weight is 515 g/mol. The molecule has 0 unspecified atom stereocenters. The van der Waals surface area contributed by atoms with Gasteiger partial charge in [-0.1, -0.05) is 66.7 Å². The summed E-state index contributed by atoms with van der Waals surface area (Å²) in [5.41, 5.74) is 3.20. The van der Waals surface area contributed by atoms with E-state index in [0.717, 1.165) is 22.4 Å². The molecule has 0 aliphatic rings. The molecule has 6 heteroatoms. The summed E-state index contributed by atoms with van der Waals surface area (Å²) in [6.45, 7) is 5.33. The third kappa shape index (κ3) is 7.66. The molecule has 5 nitrogen and oxygen atoms in total. The smallest absolute Gasteiger partial charge is 0.335 e. The Kier molecular flexibility index (Phi) is 8.67. The zero-order valence-corrected chi connectivity index (χ0v) is 22.3. The van der Waals surface area contributed by atoms with E-state index in [2.05, 4.69) is 61.6 Å². The Morgan fingerprint density at radius 3 is 2.38 bits per heavy atom. The van der Waals surface area contributed by atoms with Crippen molar-refractivity contribution in [2.45, 2.75) is 36.8 Å². The molecule has 0 spiro atoms. The van der Waals surface area contributed by atoms with E-state index in [-0.39, 0.29) is 11.1 Å². The van der Waals surface area contributed by atoms with Gasteiger partial charge in [-0.2, -0.15) is 0 Å². The van der Waals surface area contributed by atoms with Crippen molar-refractivity contribution in [2.75, 3.05) is 20.1 Å². The van der Waals surface area contributed by atoms with E-state index in [1.807, 2.05) is 41.7 Å². The van der Waals surface area contributed by atoms with Gasteiger partial charge in [0.25, 0.3) is 0 Å². The number of nitrogens with one attached hydrogen (secondary N) is 1. The van der Waals surface area contributed by atoms with Crippen LogP contribution in [0.2, 0.25) is 0 Å². The van der Waals surface area contributed by atoms with Crippen LogP contribution in [0.25, 0.3) is 21.9 Å². The minimum atomic E-state index is -0.935. The van der Waals surface area contributed by atoms with Gasteiger partial charge in [-0.3, -0.25) is 0 Å². The lowest BCUT2D eigenvalue weighted by molar-refractivity contribution is 0.0697. The van der Waals surface area contributed by atoms with Gasteiger partial charge in [-0.15, -0.1) is 0 Å². The maximum absolute atomic E-state index is 11.3. The van der Waals surface area contributed by atoms with E-state index in [0.29, 0.717) is 13.1 Å². The molecule has 1 atom stereocenters. The van der Waals surface area contributed by atoms with Crippen molar-refractivity contribution >= 4 is 28.7 Å². The predicted molar refractivity (Wildman–Crippen MR) is 153 cm³/mol. The van der Waals surface area contributed by atoms with Gasteiger partial charge in [-0.25, -0.2) is 9.10 Å². The van der Waals surface area contributed by atoms with Gasteiger partial charge in [0.2, 0.25) is 0 Å². The summed E-state index contributed by atoms with van der Waals surface area (Å²) in [7, 11) is 1.96. The van der Waals surface area contributed by atoms with E-state index >= 15 is 0 Å². The van der Waals surface area contributed by atoms with Crippen molar-refractivity contribution in [1.82, 2.24) is 9.62 Å². The first kappa shape index (κ1) is 26.9. The Labute approximate surface area is 223 Å². The number of β-amino-alcohol motifs (C(OH)–C–C–N with tert-alkyl or cyclic N) is 1. The zero-order valence-electron chi connectivity index (χ0n) is 21.5. The fourth-order valence-corrected chi connectivity index (χ4v) is 5.38. The van der Waals surface area contributed by atoms with E-state index in [1.165, 1.54) is 16.3 Å². The van der Waals surface area contributed by atoms with Crippen molar-refractivity contribution in [3.63, 3.8) is 0 Å². The number of aliphatic hydroxyl groups excluding tert-OH is 1. The van der Waals surface area contributed by atoms with E-state index < -0.39 is 12.1 Å². The number of hydrogen-bond acceptors (Lipinski definition) is 5. The van der Waals surface area contributed by atoms with Crippen molar-refractivity contribution in [3.05, 3.63) is 102 Å². The molecule has 0 saturated heterocycles. The first-order valence-electron chi connectivity index (χ1n) is 12.4. The molecule has 4 aromatic rings. The molecule has 4 rings (SSSR count). The zero-order chi connectivity index (χ0) is 26.4. The molecule has 0 fully saturated rings. The van der Waals surface area contributed by atoms with Crippen molar-refractivity contribution in [3.8, 4) is 11.1 Å². The van der Waals surface area contributed by atoms with Crippen LogP contribution in [0, 0.1) is 0 Å². The molecule has 0 radical (unpaired) electrons. The highest BCUT2D eigenvalue weighted by atomic mass is 32.2. The van der Waals surface area contributed by atoms with Gasteiger partial charge in [0.05, 0.1) is 11.7 Å². The fraction of sp³-hybridized carbons (Fsp3) is 0.258. The summed E-state index contributed by atoms with van der Waals surface area (Å²) in [6, 6.07) is 29.9. The second-order valence-electron chi connectivity index (χ2n) is 10.1. The molecular formula is C31H34N2O3S. The predicted octanol–water partition coefficient (Wildman–Crippen LogP) is 6.12. The van der Waals surface area contributed by atoms with Crippen LogP contribution >= 0.6 is 11.9 Å². The third-order valence-electron chi connectivity index (χ3n) is 6.28.